The Labute approximate surface area is 136 Å². The van der Waals surface area contributed by atoms with Gasteiger partial charge in [-0.2, -0.15) is 0 Å². The first-order valence-corrected chi connectivity index (χ1v) is 7.88. The highest BCUT2D eigenvalue weighted by molar-refractivity contribution is 5.95. The number of nitrogens with zero attached hydrogens (tertiary/aromatic N) is 2. The number of amides is 1. The van der Waals surface area contributed by atoms with E-state index in [4.69, 9.17) is 4.98 Å². The number of hydrogen-bond acceptors (Lipinski definition) is 2. The van der Waals surface area contributed by atoms with Gasteiger partial charge in [0.05, 0.1) is 11.4 Å². The Morgan fingerprint density at radius 3 is 2.74 bits per heavy atom. The van der Waals surface area contributed by atoms with Crippen LogP contribution in [0.3, 0.4) is 0 Å². The molecule has 1 aromatic carbocycles. The van der Waals surface area contributed by atoms with Gasteiger partial charge in [0.2, 0.25) is 5.91 Å². The first-order valence-electron chi connectivity index (χ1n) is 7.88. The predicted molar refractivity (Wildman–Crippen MR) is 93.4 cm³/mol. The molecule has 0 aliphatic heterocycles. The summed E-state index contributed by atoms with van der Waals surface area (Å²) in [4.78, 5) is 16.8. The van der Waals surface area contributed by atoms with Crippen molar-refractivity contribution in [3.8, 4) is 11.3 Å². The van der Waals surface area contributed by atoms with Gasteiger partial charge in [-0.05, 0) is 30.5 Å². The number of aryl methyl sites for hydroxylation is 1. The molecule has 4 nitrogen and oxygen atoms in total. The molecule has 0 atom stereocenters. The lowest BCUT2D eigenvalue weighted by Gasteiger charge is -2.10. The minimum absolute atomic E-state index is 0.0346. The number of nitrogens with one attached hydrogen (secondary N) is 1. The molecule has 118 valence electrons. The fraction of sp³-hybridized carbons (Fsp3) is 0.263. The number of rotatable bonds is 4. The number of para-hydroxylation sites is 1. The molecule has 0 radical (unpaired) electrons. The Hall–Kier alpha value is -2.62. The third-order valence-corrected chi connectivity index (χ3v) is 3.75. The second-order valence-electron chi connectivity index (χ2n) is 6.24. The summed E-state index contributed by atoms with van der Waals surface area (Å²) < 4.78 is 2.01. The molecule has 23 heavy (non-hydrogen) atoms. The van der Waals surface area contributed by atoms with Gasteiger partial charge < -0.3 is 9.72 Å². The van der Waals surface area contributed by atoms with Crippen LogP contribution in [0.5, 0.6) is 0 Å². The van der Waals surface area contributed by atoms with Crippen LogP contribution in [0.1, 0.15) is 25.8 Å². The van der Waals surface area contributed by atoms with Crippen molar-refractivity contribution in [1.29, 1.82) is 0 Å². The quantitative estimate of drug-likeness (QED) is 0.781. The van der Waals surface area contributed by atoms with Gasteiger partial charge in [-0.15, -0.1) is 0 Å². The van der Waals surface area contributed by atoms with E-state index in [1.54, 1.807) is 0 Å². The average Bonchev–Trinajstić information content (AvgIpc) is 2.92. The highest BCUT2D eigenvalue weighted by atomic mass is 16.1. The lowest BCUT2D eigenvalue weighted by molar-refractivity contribution is -0.116. The van der Waals surface area contributed by atoms with E-state index in [1.807, 2.05) is 74.0 Å². The maximum Gasteiger partial charge on any atom is 0.224 e. The molecule has 4 heteroatoms. The maximum atomic E-state index is 12.1. The third kappa shape index (κ3) is 3.26. The van der Waals surface area contributed by atoms with Gasteiger partial charge in [0.25, 0.3) is 0 Å². The molecule has 0 bridgehead atoms. The van der Waals surface area contributed by atoms with Crippen LogP contribution in [0.4, 0.5) is 5.69 Å². The number of fused-ring (bicyclic) bond motifs is 1. The van der Waals surface area contributed by atoms with Gasteiger partial charge in [-0.3, -0.25) is 4.79 Å². The number of imidazole rings is 1. The lowest BCUT2D eigenvalue weighted by atomic mass is 10.1. The summed E-state index contributed by atoms with van der Waals surface area (Å²) in [6.45, 7) is 6.12. The molecule has 2 heterocycles. The van der Waals surface area contributed by atoms with Crippen LogP contribution in [-0.2, 0) is 4.79 Å². The molecule has 2 aromatic heterocycles. The fourth-order valence-corrected chi connectivity index (χ4v) is 2.67. The summed E-state index contributed by atoms with van der Waals surface area (Å²) in [5.74, 6) is 0.368. The number of hydrogen-bond donors (Lipinski definition) is 1. The van der Waals surface area contributed by atoms with Gasteiger partial charge in [0, 0.05) is 24.4 Å². The van der Waals surface area contributed by atoms with E-state index in [0.717, 1.165) is 28.2 Å². The number of carbonyl (C=O) groups excluding carboxylic acids is 1. The fourth-order valence-electron chi connectivity index (χ4n) is 2.67. The van der Waals surface area contributed by atoms with E-state index in [9.17, 15) is 4.79 Å². The van der Waals surface area contributed by atoms with E-state index in [-0.39, 0.29) is 5.91 Å². The van der Waals surface area contributed by atoms with Crippen molar-refractivity contribution in [2.75, 3.05) is 5.32 Å². The van der Waals surface area contributed by atoms with Gasteiger partial charge >= 0.3 is 0 Å². The van der Waals surface area contributed by atoms with Gasteiger partial charge in [-0.25, -0.2) is 4.98 Å². The normalized spacial score (nSPS) is 11.1. The first-order chi connectivity index (χ1) is 11.0. The highest BCUT2D eigenvalue weighted by Gasteiger charge is 2.12. The van der Waals surface area contributed by atoms with Crippen molar-refractivity contribution in [2.24, 2.45) is 5.92 Å². The molecule has 0 unspecified atom stereocenters. The maximum absolute atomic E-state index is 12.1. The van der Waals surface area contributed by atoms with Gasteiger partial charge in [-0.1, -0.05) is 38.1 Å². The van der Waals surface area contributed by atoms with Crippen LogP contribution >= 0.6 is 0 Å². The monoisotopic (exact) mass is 307 g/mol. The van der Waals surface area contributed by atoms with E-state index in [2.05, 4.69) is 5.32 Å². The standard InChI is InChI=1S/C19H21N3O/c1-13(2)11-18(23)20-16-9-5-4-8-15(16)17-12-22-10-6-7-14(3)19(22)21-17/h4-10,12-13H,11H2,1-3H3,(H,20,23). The Kier molecular flexibility index (Phi) is 4.15. The van der Waals surface area contributed by atoms with Crippen LogP contribution in [-0.4, -0.2) is 15.3 Å². The number of aromatic nitrogens is 2. The molecule has 0 aliphatic carbocycles. The number of pyridine rings is 1. The number of carbonyl (C=O) groups is 1. The SMILES string of the molecule is Cc1cccn2cc(-c3ccccc3NC(=O)CC(C)C)nc12. The second-order valence-corrected chi connectivity index (χ2v) is 6.24. The zero-order chi connectivity index (χ0) is 16.4. The van der Waals surface area contributed by atoms with Crippen LogP contribution < -0.4 is 5.32 Å². The molecule has 1 amide bonds. The Morgan fingerprint density at radius 1 is 1.22 bits per heavy atom. The lowest BCUT2D eigenvalue weighted by Crippen LogP contribution is -2.14. The van der Waals surface area contributed by atoms with E-state index in [1.165, 1.54) is 0 Å². The van der Waals surface area contributed by atoms with Crippen LogP contribution in [0.2, 0.25) is 0 Å². The predicted octanol–water partition coefficient (Wildman–Crippen LogP) is 4.29. The smallest absolute Gasteiger partial charge is 0.224 e. The molecule has 0 saturated carbocycles. The van der Waals surface area contributed by atoms with Crippen molar-refractivity contribution in [3.05, 3.63) is 54.4 Å². The zero-order valence-corrected chi connectivity index (χ0v) is 13.7. The zero-order valence-electron chi connectivity index (χ0n) is 13.7. The summed E-state index contributed by atoms with van der Waals surface area (Å²) >= 11 is 0. The highest BCUT2D eigenvalue weighted by Crippen LogP contribution is 2.28. The first kappa shape index (κ1) is 15.3. The number of anilines is 1. The van der Waals surface area contributed by atoms with Crippen molar-refractivity contribution < 1.29 is 4.79 Å². The van der Waals surface area contributed by atoms with Crippen molar-refractivity contribution in [1.82, 2.24) is 9.38 Å². The topological polar surface area (TPSA) is 46.4 Å². The summed E-state index contributed by atoms with van der Waals surface area (Å²) in [6.07, 6.45) is 4.49. The average molecular weight is 307 g/mol. The summed E-state index contributed by atoms with van der Waals surface area (Å²) in [5, 5.41) is 3.01. The van der Waals surface area contributed by atoms with Crippen molar-refractivity contribution in [2.45, 2.75) is 27.2 Å². The van der Waals surface area contributed by atoms with Crippen molar-refractivity contribution in [3.63, 3.8) is 0 Å². The summed E-state index contributed by atoms with van der Waals surface area (Å²) in [5.41, 5.74) is 4.66. The van der Waals surface area contributed by atoms with Crippen LogP contribution in [0.15, 0.2) is 48.8 Å². The molecule has 0 fully saturated rings. The molecule has 0 aliphatic rings. The minimum Gasteiger partial charge on any atom is -0.325 e. The molecule has 3 aromatic rings. The minimum atomic E-state index is 0.0346. The molecular weight excluding hydrogens is 286 g/mol. The number of benzene rings is 1. The Morgan fingerprint density at radius 2 is 2.00 bits per heavy atom. The van der Waals surface area contributed by atoms with E-state index >= 15 is 0 Å². The van der Waals surface area contributed by atoms with E-state index in [0.29, 0.717) is 12.3 Å². The van der Waals surface area contributed by atoms with Gasteiger partial charge in [0.15, 0.2) is 0 Å². The van der Waals surface area contributed by atoms with Crippen molar-refractivity contribution >= 4 is 17.2 Å². The molecule has 3 rings (SSSR count). The van der Waals surface area contributed by atoms with Crippen LogP contribution in [0.25, 0.3) is 16.9 Å². The Balaban J connectivity index is 1.99. The summed E-state index contributed by atoms with van der Waals surface area (Å²) in [7, 11) is 0. The molecule has 1 N–H and O–H groups in total. The largest absolute Gasteiger partial charge is 0.325 e. The third-order valence-electron chi connectivity index (χ3n) is 3.75. The van der Waals surface area contributed by atoms with Crippen LogP contribution in [0, 0.1) is 12.8 Å². The molecular formula is C19H21N3O. The second kappa shape index (κ2) is 6.24. The Bertz CT molecular complexity index is 849. The van der Waals surface area contributed by atoms with E-state index < -0.39 is 0 Å². The molecule has 0 saturated heterocycles. The summed E-state index contributed by atoms with van der Waals surface area (Å²) in [6, 6.07) is 11.8. The van der Waals surface area contributed by atoms with Gasteiger partial charge in [0.1, 0.15) is 5.65 Å². The molecule has 0 spiro atoms.